The van der Waals surface area contributed by atoms with Gasteiger partial charge in [0.15, 0.2) is 0 Å². The Morgan fingerprint density at radius 1 is 0.909 bits per heavy atom. The minimum atomic E-state index is -0.665. The molecule has 0 bridgehead atoms. The number of hydrogen-bond acceptors (Lipinski definition) is 7. The van der Waals surface area contributed by atoms with Gasteiger partial charge in [-0.1, -0.05) is 24.3 Å². The lowest BCUT2D eigenvalue weighted by Gasteiger charge is -2.09. The Hall–Kier alpha value is -4.59. The average molecular weight is 441 g/mol. The molecule has 0 saturated heterocycles. The number of azo groups is 1. The first-order valence-electron chi connectivity index (χ1n) is 10.0. The van der Waals surface area contributed by atoms with Crippen LogP contribution in [0.15, 0.2) is 83.0 Å². The van der Waals surface area contributed by atoms with Gasteiger partial charge in [0.05, 0.1) is 16.2 Å². The first-order valence-corrected chi connectivity index (χ1v) is 10.0. The van der Waals surface area contributed by atoms with Gasteiger partial charge in [-0.2, -0.15) is 5.11 Å². The van der Waals surface area contributed by atoms with Crippen molar-refractivity contribution in [3.05, 3.63) is 99.6 Å². The Morgan fingerprint density at radius 3 is 2.12 bits per heavy atom. The Bertz CT molecular complexity index is 1390. The first-order chi connectivity index (χ1) is 15.8. The third-order valence-electron chi connectivity index (χ3n) is 5.09. The molecule has 0 aliphatic carbocycles. The number of carbonyl (C=O) groups excluding carboxylic acids is 1. The fraction of sp³-hybridized carbons (Fsp3) is 0.0800. The molecule has 4 aromatic rings. The van der Waals surface area contributed by atoms with Gasteiger partial charge in [0.1, 0.15) is 17.2 Å². The molecule has 0 radical (unpaired) electrons. The van der Waals surface area contributed by atoms with E-state index in [1.165, 1.54) is 24.3 Å². The van der Waals surface area contributed by atoms with Crippen LogP contribution < -0.4 is 4.74 Å². The molecule has 0 fully saturated rings. The molecule has 33 heavy (non-hydrogen) atoms. The van der Waals surface area contributed by atoms with Gasteiger partial charge >= 0.3 is 5.97 Å². The number of esters is 1. The van der Waals surface area contributed by atoms with Crippen molar-refractivity contribution in [1.29, 1.82) is 0 Å². The van der Waals surface area contributed by atoms with E-state index in [2.05, 4.69) is 10.2 Å². The molecule has 164 valence electrons. The molecule has 0 atom stereocenters. The molecule has 0 amide bonds. The number of nitro benzene ring substituents is 1. The smallest absolute Gasteiger partial charge is 0.345 e. The van der Waals surface area contributed by atoms with Crippen LogP contribution in [-0.2, 0) is 0 Å². The number of phenolic OH excluding ortho intramolecular Hbond substituents is 1. The van der Waals surface area contributed by atoms with Gasteiger partial charge in [-0.15, -0.1) is 5.11 Å². The predicted molar refractivity (Wildman–Crippen MR) is 124 cm³/mol. The first kappa shape index (κ1) is 21.6. The van der Waals surface area contributed by atoms with E-state index in [9.17, 15) is 20.0 Å². The molecule has 0 aliphatic heterocycles. The molecule has 4 rings (SSSR count). The van der Waals surface area contributed by atoms with Crippen LogP contribution in [-0.4, -0.2) is 16.0 Å². The molecule has 0 spiro atoms. The number of hydrogen-bond donors (Lipinski definition) is 1. The highest BCUT2D eigenvalue weighted by Crippen LogP contribution is 2.32. The maximum atomic E-state index is 13.0. The summed E-state index contributed by atoms with van der Waals surface area (Å²) in [6.45, 7) is 3.54. The monoisotopic (exact) mass is 441 g/mol. The molecular formula is C25H19N3O5. The van der Waals surface area contributed by atoms with Crippen LogP contribution in [0, 0.1) is 24.0 Å². The normalized spacial score (nSPS) is 11.1. The van der Waals surface area contributed by atoms with Crippen molar-refractivity contribution in [1.82, 2.24) is 0 Å². The number of aryl methyl sites for hydroxylation is 2. The van der Waals surface area contributed by atoms with E-state index in [1.807, 2.05) is 24.3 Å². The van der Waals surface area contributed by atoms with Crippen molar-refractivity contribution in [2.45, 2.75) is 13.8 Å². The number of nitro groups is 1. The molecule has 0 unspecified atom stereocenters. The Morgan fingerprint density at radius 2 is 1.52 bits per heavy atom. The number of rotatable bonds is 5. The van der Waals surface area contributed by atoms with Gasteiger partial charge in [0.2, 0.25) is 0 Å². The predicted octanol–water partition coefficient (Wildman–Crippen LogP) is 6.71. The summed E-state index contributed by atoms with van der Waals surface area (Å²) in [5.74, 6) is -0.292. The maximum Gasteiger partial charge on any atom is 0.345 e. The summed E-state index contributed by atoms with van der Waals surface area (Å²) < 4.78 is 5.43. The molecular weight excluding hydrogens is 422 g/mol. The highest BCUT2D eigenvalue weighted by atomic mass is 16.6. The second-order valence-corrected chi connectivity index (χ2v) is 7.49. The second kappa shape index (κ2) is 8.88. The lowest BCUT2D eigenvalue weighted by atomic mass is 10.1. The number of ether oxygens (including phenoxy) is 1. The van der Waals surface area contributed by atoms with E-state index in [-0.39, 0.29) is 22.7 Å². The van der Waals surface area contributed by atoms with Gasteiger partial charge in [0.25, 0.3) is 5.69 Å². The standard InChI is InChI=1S/C25H19N3O5/c1-15-11-19(12-16(2)24(15)29)26-27-23-14-18-6-4-3-5-17(18)13-22(23)25(30)33-21-9-7-20(8-10-21)28(31)32/h3-14,29H,1-2H3. The largest absolute Gasteiger partial charge is 0.507 e. The highest BCUT2D eigenvalue weighted by molar-refractivity contribution is 6.01. The zero-order chi connectivity index (χ0) is 23.5. The molecule has 0 saturated carbocycles. The number of benzene rings is 4. The molecule has 8 heteroatoms. The number of carbonyl (C=O) groups is 1. The van der Waals surface area contributed by atoms with E-state index in [0.29, 0.717) is 22.5 Å². The summed E-state index contributed by atoms with van der Waals surface area (Å²) in [6, 6.07) is 19.6. The van der Waals surface area contributed by atoms with Crippen molar-refractivity contribution in [3.63, 3.8) is 0 Å². The fourth-order valence-electron chi connectivity index (χ4n) is 3.37. The number of nitrogens with zero attached hydrogens (tertiary/aromatic N) is 3. The van der Waals surface area contributed by atoms with E-state index in [1.54, 1.807) is 38.1 Å². The number of fused-ring (bicyclic) bond motifs is 1. The third kappa shape index (κ3) is 4.69. The van der Waals surface area contributed by atoms with Gasteiger partial charge in [-0.05, 0) is 72.1 Å². The molecule has 0 aromatic heterocycles. The molecule has 4 aromatic carbocycles. The van der Waals surface area contributed by atoms with Gasteiger partial charge in [-0.25, -0.2) is 4.79 Å². The van der Waals surface area contributed by atoms with Crippen molar-refractivity contribution in [2.24, 2.45) is 10.2 Å². The van der Waals surface area contributed by atoms with Crippen molar-refractivity contribution in [2.75, 3.05) is 0 Å². The summed E-state index contributed by atoms with van der Waals surface area (Å²) in [6.07, 6.45) is 0. The minimum absolute atomic E-state index is 0.102. The van der Waals surface area contributed by atoms with E-state index < -0.39 is 10.9 Å². The van der Waals surface area contributed by atoms with E-state index in [4.69, 9.17) is 4.74 Å². The Labute approximate surface area is 188 Å². The SMILES string of the molecule is Cc1cc(N=Nc2cc3ccccc3cc2C(=O)Oc2ccc([N+](=O)[O-])cc2)cc(C)c1O. The number of non-ortho nitro benzene ring substituents is 1. The van der Waals surface area contributed by atoms with Gasteiger partial charge < -0.3 is 9.84 Å². The van der Waals surface area contributed by atoms with Crippen LogP contribution in [0.1, 0.15) is 21.5 Å². The zero-order valence-corrected chi connectivity index (χ0v) is 17.9. The minimum Gasteiger partial charge on any atom is -0.507 e. The summed E-state index contributed by atoms with van der Waals surface area (Å²) in [4.78, 5) is 23.3. The zero-order valence-electron chi connectivity index (χ0n) is 17.9. The van der Waals surface area contributed by atoms with Gasteiger partial charge in [-0.3, -0.25) is 10.1 Å². The van der Waals surface area contributed by atoms with Crippen molar-refractivity contribution < 1.29 is 19.6 Å². The van der Waals surface area contributed by atoms with Crippen LogP contribution in [0.3, 0.4) is 0 Å². The summed E-state index contributed by atoms with van der Waals surface area (Å²) in [5, 5.41) is 31.0. The lowest BCUT2D eigenvalue weighted by molar-refractivity contribution is -0.384. The maximum absolute atomic E-state index is 13.0. The molecule has 0 heterocycles. The van der Waals surface area contributed by atoms with Crippen LogP contribution in [0.2, 0.25) is 0 Å². The quantitative estimate of drug-likeness (QED) is 0.122. The third-order valence-corrected chi connectivity index (χ3v) is 5.09. The van der Waals surface area contributed by atoms with E-state index >= 15 is 0 Å². The Balaban J connectivity index is 1.71. The number of aromatic hydroxyl groups is 1. The Kier molecular flexibility index (Phi) is 5.82. The van der Waals surface area contributed by atoms with Crippen LogP contribution in [0.5, 0.6) is 11.5 Å². The van der Waals surface area contributed by atoms with Crippen LogP contribution in [0.4, 0.5) is 17.1 Å². The summed E-state index contributed by atoms with van der Waals surface area (Å²) in [5.41, 5.74) is 2.27. The average Bonchev–Trinajstić information content (AvgIpc) is 2.80. The summed E-state index contributed by atoms with van der Waals surface area (Å²) >= 11 is 0. The molecule has 8 nitrogen and oxygen atoms in total. The highest BCUT2D eigenvalue weighted by Gasteiger charge is 2.16. The van der Waals surface area contributed by atoms with E-state index in [0.717, 1.165) is 10.8 Å². The van der Waals surface area contributed by atoms with Gasteiger partial charge in [0, 0.05) is 12.1 Å². The number of phenols is 1. The van der Waals surface area contributed by atoms with Crippen molar-refractivity contribution >= 4 is 33.8 Å². The summed E-state index contributed by atoms with van der Waals surface area (Å²) in [7, 11) is 0. The fourth-order valence-corrected chi connectivity index (χ4v) is 3.37. The topological polar surface area (TPSA) is 114 Å². The molecule has 1 N–H and O–H groups in total. The lowest BCUT2D eigenvalue weighted by Crippen LogP contribution is -2.09. The second-order valence-electron chi connectivity index (χ2n) is 7.49. The van der Waals surface area contributed by atoms with Crippen molar-refractivity contribution in [3.8, 4) is 11.5 Å². The van der Waals surface area contributed by atoms with Crippen LogP contribution in [0.25, 0.3) is 10.8 Å². The molecule has 0 aliphatic rings. The van der Waals surface area contributed by atoms with Crippen LogP contribution >= 0.6 is 0 Å².